The first kappa shape index (κ1) is 12.4. The van der Waals surface area contributed by atoms with Crippen molar-refractivity contribution < 1.29 is 9.47 Å². The molecule has 3 nitrogen and oxygen atoms in total. The molecule has 1 aromatic rings. The van der Waals surface area contributed by atoms with Crippen LogP contribution in [-0.2, 0) is 4.74 Å². The van der Waals surface area contributed by atoms with Crippen LogP contribution in [-0.4, -0.2) is 33.9 Å². The third-order valence-corrected chi connectivity index (χ3v) is 3.35. The number of methoxy groups -OCH3 is 2. The maximum absolute atomic E-state index is 5.40. The summed E-state index contributed by atoms with van der Waals surface area (Å²) in [6.07, 6.45) is 1.26. The van der Waals surface area contributed by atoms with E-state index < -0.39 is 0 Å². The Morgan fingerprint density at radius 2 is 2.12 bits per heavy atom. The molecular weight excluding hydrogens is 214 g/mol. The Hall–Kier alpha value is -1.06. The van der Waals surface area contributed by atoms with Gasteiger partial charge in [-0.1, -0.05) is 18.2 Å². The molecule has 1 N–H and O–H groups in total. The molecule has 0 saturated heterocycles. The van der Waals surface area contributed by atoms with Crippen LogP contribution in [0.1, 0.15) is 17.9 Å². The van der Waals surface area contributed by atoms with Crippen molar-refractivity contribution in [2.75, 3.05) is 33.9 Å². The molecule has 17 heavy (non-hydrogen) atoms. The van der Waals surface area contributed by atoms with Gasteiger partial charge in [-0.15, -0.1) is 0 Å². The summed E-state index contributed by atoms with van der Waals surface area (Å²) in [5.74, 6) is 2.45. The van der Waals surface area contributed by atoms with E-state index in [1.165, 1.54) is 12.0 Å². The molecule has 2 unspecified atom stereocenters. The average Bonchev–Trinajstić information content (AvgIpc) is 3.14. The van der Waals surface area contributed by atoms with E-state index >= 15 is 0 Å². The number of nitrogens with one attached hydrogen (secondary N) is 1. The van der Waals surface area contributed by atoms with E-state index in [0.717, 1.165) is 31.4 Å². The zero-order valence-corrected chi connectivity index (χ0v) is 10.6. The zero-order chi connectivity index (χ0) is 12.1. The molecule has 0 spiro atoms. The molecular formula is C14H21NO2. The second-order valence-corrected chi connectivity index (χ2v) is 4.54. The maximum atomic E-state index is 5.40. The Kier molecular flexibility index (Phi) is 4.40. The van der Waals surface area contributed by atoms with Crippen LogP contribution in [0.5, 0.6) is 5.75 Å². The van der Waals surface area contributed by atoms with Crippen molar-refractivity contribution in [2.24, 2.45) is 5.92 Å². The monoisotopic (exact) mass is 235 g/mol. The summed E-state index contributed by atoms with van der Waals surface area (Å²) in [7, 11) is 3.48. The van der Waals surface area contributed by atoms with Crippen LogP contribution in [0.3, 0.4) is 0 Å². The molecule has 0 aromatic heterocycles. The molecule has 0 radical (unpaired) electrons. The standard InChI is InChI=1S/C14H21NO2/c1-16-8-7-15-10-11-9-13(11)12-5-3-4-6-14(12)17-2/h3-6,11,13,15H,7-10H2,1-2H3. The topological polar surface area (TPSA) is 30.5 Å². The van der Waals surface area contributed by atoms with E-state index in [1.54, 1.807) is 14.2 Å². The largest absolute Gasteiger partial charge is 0.496 e. The van der Waals surface area contributed by atoms with E-state index in [1.807, 2.05) is 12.1 Å². The maximum Gasteiger partial charge on any atom is 0.122 e. The zero-order valence-electron chi connectivity index (χ0n) is 10.6. The lowest BCUT2D eigenvalue weighted by molar-refractivity contribution is 0.199. The van der Waals surface area contributed by atoms with Gasteiger partial charge in [-0.2, -0.15) is 0 Å². The van der Waals surface area contributed by atoms with Crippen molar-refractivity contribution in [1.82, 2.24) is 5.32 Å². The smallest absolute Gasteiger partial charge is 0.122 e. The van der Waals surface area contributed by atoms with Gasteiger partial charge in [0.05, 0.1) is 13.7 Å². The molecule has 2 rings (SSSR count). The van der Waals surface area contributed by atoms with Crippen molar-refractivity contribution in [3.8, 4) is 5.75 Å². The Labute approximate surface area is 103 Å². The number of hydrogen-bond acceptors (Lipinski definition) is 3. The molecule has 1 fully saturated rings. The molecule has 0 amide bonds. The molecule has 0 aliphatic heterocycles. The molecule has 1 aliphatic rings. The van der Waals surface area contributed by atoms with Crippen LogP contribution in [0.2, 0.25) is 0 Å². The highest BCUT2D eigenvalue weighted by Crippen LogP contribution is 2.49. The molecule has 94 valence electrons. The van der Waals surface area contributed by atoms with Gasteiger partial charge in [-0.3, -0.25) is 0 Å². The van der Waals surface area contributed by atoms with Gasteiger partial charge in [0.2, 0.25) is 0 Å². The minimum absolute atomic E-state index is 0.668. The van der Waals surface area contributed by atoms with Crippen molar-refractivity contribution in [3.63, 3.8) is 0 Å². The Balaban J connectivity index is 1.81. The fourth-order valence-electron chi connectivity index (χ4n) is 2.29. The number of hydrogen-bond donors (Lipinski definition) is 1. The average molecular weight is 235 g/mol. The third-order valence-electron chi connectivity index (χ3n) is 3.35. The highest BCUT2D eigenvalue weighted by Gasteiger charge is 2.39. The number of para-hydroxylation sites is 1. The second kappa shape index (κ2) is 6.03. The molecule has 0 bridgehead atoms. The molecule has 1 aliphatic carbocycles. The first-order valence-electron chi connectivity index (χ1n) is 6.19. The number of benzene rings is 1. The van der Waals surface area contributed by atoms with E-state index in [4.69, 9.17) is 9.47 Å². The highest BCUT2D eigenvalue weighted by atomic mass is 16.5. The van der Waals surface area contributed by atoms with Gasteiger partial charge in [0.15, 0.2) is 0 Å². The summed E-state index contributed by atoms with van der Waals surface area (Å²) in [6, 6.07) is 8.34. The normalized spacial score (nSPS) is 22.5. The van der Waals surface area contributed by atoms with Crippen LogP contribution in [0.15, 0.2) is 24.3 Å². The molecule has 2 atom stereocenters. The van der Waals surface area contributed by atoms with Gasteiger partial charge in [0, 0.05) is 13.7 Å². The highest BCUT2D eigenvalue weighted by molar-refractivity contribution is 5.39. The predicted molar refractivity (Wildman–Crippen MR) is 68.6 cm³/mol. The summed E-state index contributed by atoms with van der Waals surface area (Å²) >= 11 is 0. The van der Waals surface area contributed by atoms with E-state index in [2.05, 4.69) is 17.4 Å². The lowest BCUT2D eigenvalue weighted by atomic mass is 10.1. The van der Waals surface area contributed by atoms with Crippen LogP contribution < -0.4 is 10.1 Å². The van der Waals surface area contributed by atoms with Crippen LogP contribution in [0.4, 0.5) is 0 Å². The van der Waals surface area contributed by atoms with Crippen molar-refractivity contribution >= 4 is 0 Å². The Bertz CT molecular complexity index is 354. The minimum Gasteiger partial charge on any atom is -0.496 e. The predicted octanol–water partition coefficient (Wildman–Crippen LogP) is 2.03. The summed E-state index contributed by atoms with van der Waals surface area (Å²) in [5, 5.41) is 3.42. The first-order chi connectivity index (χ1) is 8.36. The van der Waals surface area contributed by atoms with Crippen molar-refractivity contribution in [1.29, 1.82) is 0 Å². The van der Waals surface area contributed by atoms with Gasteiger partial charge in [0.25, 0.3) is 0 Å². The first-order valence-corrected chi connectivity index (χ1v) is 6.19. The quantitative estimate of drug-likeness (QED) is 0.734. The molecule has 0 heterocycles. The fraction of sp³-hybridized carbons (Fsp3) is 0.571. The number of rotatable bonds is 7. The summed E-state index contributed by atoms with van der Waals surface area (Å²) in [5.41, 5.74) is 1.36. The van der Waals surface area contributed by atoms with Crippen molar-refractivity contribution in [2.45, 2.75) is 12.3 Å². The lowest BCUT2D eigenvalue weighted by Crippen LogP contribution is -2.21. The number of ether oxygens (including phenoxy) is 2. The SMILES string of the molecule is COCCNCC1CC1c1ccccc1OC. The van der Waals surface area contributed by atoms with E-state index in [-0.39, 0.29) is 0 Å². The van der Waals surface area contributed by atoms with Gasteiger partial charge in [-0.25, -0.2) is 0 Å². The molecule has 1 aromatic carbocycles. The lowest BCUT2D eigenvalue weighted by Gasteiger charge is -2.08. The summed E-state index contributed by atoms with van der Waals surface area (Å²) in [4.78, 5) is 0. The fourth-order valence-corrected chi connectivity index (χ4v) is 2.29. The van der Waals surface area contributed by atoms with Gasteiger partial charge >= 0.3 is 0 Å². The van der Waals surface area contributed by atoms with E-state index in [0.29, 0.717) is 5.92 Å². The minimum atomic E-state index is 0.668. The van der Waals surface area contributed by atoms with Crippen LogP contribution in [0.25, 0.3) is 0 Å². The Morgan fingerprint density at radius 3 is 2.88 bits per heavy atom. The summed E-state index contributed by atoms with van der Waals surface area (Å²) < 4.78 is 10.4. The second-order valence-electron chi connectivity index (χ2n) is 4.54. The third kappa shape index (κ3) is 3.20. The van der Waals surface area contributed by atoms with Crippen LogP contribution in [0, 0.1) is 5.92 Å². The molecule has 3 heteroatoms. The van der Waals surface area contributed by atoms with Gasteiger partial charge < -0.3 is 14.8 Å². The Morgan fingerprint density at radius 1 is 1.29 bits per heavy atom. The van der Waals surface area contributed by atoms with Gasteiger partial charge in [-0.05, 0) is 36.4 Å². The van der Waals surface area contributed by atoms with Crippen molar-refractivity contribution in [3.05, 3.63) is 29.8 Å². The summed E-state index contributed by atoms with van der Waals surface area (Å²) in [6.45, 7) is 2.80. The van der Waals surface area contributed by atoms with Crippen LogP contribution >= 0.6 is 0 Å². The molecule has 1 saturated carbocycles. The van der Waals surface area contributed by atoms with E-state index in [9.17, 15) is 0 Å². The van der Waals surface area contributed by atoms with Gasteiger partial charge in [0.1, 0.15) is 5.75 Å².